The zero-order valence-electron chi connectivity index (χ0n) is 11.3. The SMILES string of the molecule is CCCCOC(=O)COc1ccc([C@H](C)N)c(F)c1. The molecule has 0 aliphatic heterocycles. The van der Waals surface area contributed by atoms with Crippen LogP contribution in [0.5, 0.6) is 5.75 Å². The van der Waals surface area contributed by atoms with Crippen molar-refractivity contribution in [2.75, 3.05) is 13.2 Å². The number of carbonyl (C=O) groups is 1. The Kier molecular flexibility index (Phi) is 6.29. The molecule has 1 aromatic rings. The van der Waals surface area contributed by atoms with E-state index in [1.807, 2.05) is 6.92 Å². The van der Waals surface area contributed by atoms with Gasteiger partial charge in [0.2, 0.25) is 0 Å². The molecule has 2 N–H and O–H groups in total. The van der Waals surface area contributed by atoms with E-state index in [4.69, 9.17) is 15.2 Å². The molecule has 0 bridgehead atoms. The molecule has 0 fully saturated rings. The highest BCUT2D eigenvalue weighted by Crippen LogP contribution is 2.20. The first-order chi connectivity index (χ1) is 9.04. The van der Waals surface area contributed by atoms with Gasteiger partial charge >= 0.3 is 5.97 Å². The van der Waals surface area contributed by atoms with E-state index in [1.54, 1.807) is 19.1 Å². The predicted molar refractivity (Wildman–Crippen MR) is 70.4 cm³/mol. The molecule has 19 heavy (non-hydrogen) atoms. The van der Waals surface area contributed by atoms with Crippen molar-refractivity contribution >= 4 is 5.97 Å². The average Bonchev–Trinajstić information content (AvgIpc) is 2.36. The topological polar surface area (TPSA) is 61.5 Å². The summed E-state index contributed by atoms with van der Waals surface area (Å²) in [5, 5.41) is 0. The van der Waals surface area contributed by atoms with Crippen molar-refractivity contribution in [2.24, 2.45) is 5.73 Å². The van der Waals surface area contributed by atoms with Crippen molar-refractivity contribution in [1.82, 2.24) is 0 Å². The molecule has 0 radical (unpaired) electrons. The molecule has 106 valence electrons. The van der Waals surface area contributed by atoms with Gasteiger partial charge in [0.15, 0.2) is 6.61 Å². The third-order valence-corrected chi connectivity index (χ3v) is 2.58. The van der Waals surface area contributed by atoms with Crippen LogP contribution in [0.25, 0.3) is 0 Å². The standard InChI is InChI=1S/C14H20FNO3/c1-3-4-7-18-14(17)9-19-11-5-6-12(10(2)16)13(15)8-11/h5-6,8,10H,3-4,7,9,16H2,1-2H3/t10-/m0/s1. The number of hydrogen-bond donors (Lipinski definition) is 1. The molecule has 0 saturated carbocycles. The maximum absolute atomic E-state index is 13.6. The van der Waals surface area contributed by atoms with Gasteiger partial charge in [-0.1, -0.05) is 19.4 Å². The lowest BCUT2D eigenvalue weighted by Crippen LogP contribution is -2.15. The van der Waals surface area contributed by atoms with E-state index in [-0.39, 0.29) is 18.4 Å². The van der Waals surface area contributed by atoms with E-state index in [1.165, 1.54) is 6.07 Å². The van der Waals surface area contributed by atoms with E-state index in [2.05, 4.69) is 0 Å². The number of hydrogen-bond acceptors (Lipinski definition) is 4. The number of benzene rings is 1. The first-order valence-corrected chi connectivity index (χ1v) is 6.38. The smallest absolute Gasteiger partial charge is 0.344 e. The second-order valence-corrected chi connectivity index (χ2v) is 4.33. The van der Waals surface area contributed by atoms with Crippen molar-refractivity contribution < 1.29 is 18.7 Å². The molecule has 0 spiro atoms. The van der Waals surface area contributed by atoms with Crippen LogP contribution in [0.1, 0.15) is 38.3 Å². The first-order valence-electron chi connectivity index (χ1n) is 6.38. The van der Waals surface area contributed by atoms with Gasteiger partial charge in [0.1, 0.15) is 11.6 Å². The molecule has 1 aromatic carbocycles. The van der Waals surface area contributed by atoms with Gasteiger partial charge < -0.3 is 15.2 Å². The highest BCUT2D eigenvalue weighted by Gasteiger charge is 2.09. The summed E-state index contributed by atoms with van der Waals surface area (Å²) in [6.07, 6.45) is 1.78. The molecular weight excluding hydrogens is 249 g/mol. The van der Waals surface area contributed by atoms with Crippen LogP contribution >= 0.6 is 0 Å². The van der Waals surface area contributed by atoms with E-state index in [9.17, 15) is 9.18 Å². The molecule has 0 aromatic heterocycles. The number of ether oxygens (including phenoxy) is 2. The van der Waals surface area contributed by atoms with E-state index in [0.717, 1.165) is 12.8 Å². The van der Waals surface area contributed by atoms with Crippen LogP contribution in [0.3, 0.4) is 0 Å². The van der Waals surface area contributed by atoms with Crippen molar-refractivity contribution in [3.63, 3.8) is 0 Å². The highest BCUT2D eigenvalue weighted by atomic mass is 19.1. The molecule has 0 aliphatic carbocycles. The lowest BCUT2D eigenvalue weighted by molar-refractivity contribution is -0.146. The second kappa shape index (κ2) is 7.74. The number of nitrogens with two attached hydrogens (primary N) is 1. The van der Waals surface area contributed by atoms with E-state index in [0.29, 0.717) is 12.2 Å². The summed E-state index contributed by atoms with van der Waals surface area (Å²) >= 11 is 0. The Balaban J connectivity index is 2.45. The summed E-state index contributed by atoms with van der Waals surface area (Å²) in [5.74, 6) is -0.605. The Morgan fingerprint density at radius 2 is 2.21 bits per heavy atom. The van der Waals surface area contributed by atoms with Gasteiger partial charge in [-0.15, -0.1) is 0 Å². The largest absolute Gasteiger partial charge is 0.482 e. The molecule has 5 heteroatoms. The molecule has 0 saturated heterocycles. The van der Waals surface area contributed by atoms with Crippen LogP contribution in [-0.2, 0) is 9.53 Å². The fourth-order valence-electron chi connectivity index (χ4n) is 1.48. The molecule has 4 nitrogen and oxygen atoms in total. The van der Waals surface area contributed by atoms with Crippen molar-refractivity contribution in [2.45, 2.75) is 32.7 Å². The molecular formula is C14H20FNO3. The Labute approximate surface area is 112 Å². The predicted octanol–water partition coefficient (Wildman–Crippen LogP) is 2.57. The van der Waals surface area contributed by atoms with Crippen molar-refractivity contribution in [1.29, 1.82) is 0 Å². The van der Waals surface area contributed by atoms with Gasteiger partial charge in [0, 0.05) is 17.7 Å². The minimum atomic E-state index is -0.454. The fraction of sp³-hybridized carbons (Fsp3) is 0.500. The lowest BCUT2D eigenvalue weighted by atomic mass is 10.1. The molecule has 0 heterocycles. The summed E-state index contributed by atoms with van der Waals surface area (Å²) in [5.41, 5.74) is 6.01. The van der Waals surface area contributed by atoms with Gasteiger partial charge in [0.05, 0.1) is 6.61 Å². The molecule has 1 atom stereocenters. The lowest BCUT2D eigenvalue weighted by Gasteiger charge is -2.10. The Hall–Kier alpha value is -1.62. The van der Waals surface area contributed by atoms with Gasteiger partial charge in [0.25, 0.3) is 0 Å². The number of unbranched alkanes of at least 4 members (excludes halogenated alkanes) is 1. The monoisotopic (exact) mass is 269 g/mol. The second-order valence-electron chi connectivity index (χ2n) is 4.33. The maximum Gasteiger partial charge on any atom is 0.344 e. The van der Waals surface area contributed by atoms with E-state index >= 15 is 0 Å². The van der Waals surface area contributed by atoms with Crippen molar-refractivity contribution in [3.05, 3.63) is 29.6 Å². The summed E-state index contributed by atoms with van der Waals surface area (Å²) < 4.78 is 23.7. The number of esters is 1. The molecule has 0 aliphatic rings. The Morgan fingerprint density at radius 1 is 1.47 bits per heavy atom. The zero-order valence-corrected chi connectivity index (χ0v) is 11.3. The maximum atomic E-state index is 13.6. The number of carbonyl (C=O) groups excluding carboxylic acids is 1. The molecule has 0 amide bonds. The Bertz CT molecular complexity index is 421. The molecule has 1 rings (SSSR count). The van der Waals surface area contributed by atoms with Crippen LogP contribution in [-0.4, -0.2) is 19.2 Å². The summed E-state index contributed by atoms with van der Waals surface area (Å²) in [4.78, 5) is 11.3. The number of rotatable bonds is 7. The van der Waals surface area contributed by atoms with Crippen LogP contribution in [0.2, 0.25) is 0 Å². The third kappa shape index (κ3) is 5.26. The van der Waals surface area contributed by atoms with Crippen LogP contribution < -0.4 is 10.5 Å². The molecule has 0 unspecified atom stereocenters. The van der Waals surface area contributed by atoms with Gasteiger partial charge in [-0.05, 0) is 19.4 Å². The summed E-state index contributed by atoms with van der Waals surface area (Å²) in [7, 11) is 0. The van der Waals surface area contributed by atoms with Crippen LogP contribution in [0.15, 0.2) is 18.2 Å². The quantitative estimate of drug-likeness (QED) is 0.610. The number of halogens is 1. The van der Waals surface area contributed by atoms with Crippen LogP contribution in [0, 0.1) is 5.82 Å². The minimum Gasteiger partial charge on any atom is -0.482 e. The third-order valence-electron chi connectivity index (χ3n) is 2.58. The van der Waals surface area contributed by atoms with Crippen molar-refractivity contribution in [3.8, 4) is 5.75 Å². The zero-order chi connectivity index (χ0) is 14.3. The average molecular weight is 269 g/mol. The van der Waals surface area contributed by atoms with Gasteiger partial charge in [-0.3, -0.25) is 0 Å². The van der Waals surface area contributed by atoms with Gasteiger partial charge in [-0.25, -0.2) is 9.18 Å². The normalized spacial score (nSPS) is 12.0. The minimum absolute atomic E-state index is 0.222. The van der Waals surface area contributed by atoms with Crippen LogP contribution in [0.4, 0.5) is 4.39 Å². The highest BCUT2D eigenvalue weighted by molar-refractivity contribution is 5.71. The van der Waals surface area contributed by atoms with Gasteiger partial charge in [-0.2, -0.15) is 0 Å². The Morgan fingerprint density at radius 3 is 2.79 bits per heavy atom. The first kappa shape index (κ1) is 15.4. The summed E-state index contributed by atoms with van der Waals surface area (Å²) in [6, 6.07) is 3.98. The fourth-order valence-corrected chi connectivity index (χ4v) is 1.48. The van der Waals surface area contributed by atoms with E-state index < -0.39 is 11.8 Å². The summed E-state index contributed by atoms with van der Waals surface area (Å²) in [6.45, 7) is 3.87.